The Labute approximate surface area is 135 Å². The van der Waals surface area contributed by atoms with E-state index in [-0.39, 0.29) is 5.78 Å². The molecule has 1 aromatic heterocycles. The zero-order valence-corrected chi connectivity index (χ0v) is 12.8. The maximum absolute atomic E-state index is 12.8. The molecule has 0 aliphatic heterocycles. The maximum Gasteiger partial charge on any atom is 0.195 e. The molecule has 0 atom stereocenters. The highest BCUT2D eigenvalue weighted by atomic mass is 16.1. The van der Waals surface area contributed by atoms with Gasteiger partial charge in [-0.2, -0.15) is 0 Å². The third-order valence-electron chi connectivity index (χ3n) is 3.55. The van der Waals surface area contributed by atoms with Crippen LogP contribution < -0.4 is 11.1 Å². The van der Waals surface area contributed by atoms with E-state index in [1.54, 1.807) is 18.3 Å². The first-order chi connectivity index (χ1) is 11.1. The molecule has 0 saturated carbocycles. The summed E-state index contributed by atoms with van der Waals surface area (Å²) < 4.78 is 0. The van der Waals surface area contributed by atoms with E-state index < -0.39 is 0 Å². The third-order valence-corrected chi connectivity index (χ3v) is 3.55. The van der Waals surface area contributed by atoms with Crippen molar-refractivity contribution >= 4 is 23.0 Å². The first-order valence-corrected chi connectivity index (χ1v) is 7.33. The van der Waals surface area contributed by atoms with Gasteiger partial charge < -0.3 is 11.1 Å². The summed E-state index contributed by atoms with van der Waals surface area (Å²) in [6.07, 6.45) is 1.66. The van der Waals surface area contributed by atoms with Crippen LogP contribution in [0.5, 0.6) is 0 Å². The summed E-state index contributed by atoms with van der Waals surface area (Å²) in [6.45, 7) is 1.96. The highest BCUT2D eigenvalue weighted by Gasteiger charge is 2.15. The van der Waals surface area contributed by atoms with Crippen molar-refractivity contribution in [3.05, 3.63) is 83.6 Å². The molecule has 1 heterocycles. The number of nitrogen functional groups attached to an aromatic ring is 1. The lowest BCUT2D eigenvalue weighted by atomic mass is 9.99. The Morgan fingerprint density at radius 1 is 1.04 bits per heavy atom. The van der Waals surface area contributed by atoms with Crippen LogP contribution in [0.3, 0.4) is 0 Å². The molecule has 3 N–H and O–H groups in total. The minimum atomic E-state index is -0.0358. The van der Waals surface area contributed by atoms with E-state index in [0.717, 1.165) is 5.56 Å². The highest BCUT2D eigenvalue weighted by molar-refractivity contribution is 6.12. The number of hydrogen-bond donors (Lipinski definition) is 2. The van der Waals surface area contributed by atoms with Gasteiger partial charge in [0.2, 0.25) is 0 Å². The number of pyridine rings is 1. The molecule has 0 aliphatic carbocycles. The summed E-state index contributed by atoms with van der Waals surface area (Å²) >= 11 is 0. The molecular formula is C19H17N3O. The SMILES string of the molecule is Cc1ccc(Nc2ncccc2N)c(C(=O)c2ccccc2)c1. The van der Waals surface area contributed by atoms with Gasteiger partial charge in [-0.1, -0.05) is 42.0 Å². The van der Waals surface area contributed by atoms with E-state index in [0.29, 0.717) is 28.3 Å². The molecule has 0 unspecified atom stereocenters. The number of carbonyl (C=O) groups excluding carboxylic acids is 1. The number of ketones is 1. The smallest absolute Gasteiger partial charge is 0.195 e. The van der Waals surface area contributed by atoms with Gasteiger partial charge in [-0.15, -0.1) is 0 Å². The Kier molecular flexibility index (Phi) is 4.06. The van der Waals surface area contributed by atoms with Crippen LogP contribution in [-0.2, 0) is 0 Å². The molecule has 2 aromatic carbocycles. The fraction of sp³-hybridized carbons (Fsp3) is 0.0526. The van der Waals surface area contributed by atoms with Crippen LogP contribution >= 0.6 is 0 Å². The standard InChI is InChI=1S/C19H17N3O/c1-13-9-10-17(22-19-16(20)8-5-11-21-19)15(12-13)18(23)14-6-3-2-4-7-14/h2-12H,20H2,1H3,(H,21,22). The number of anilines is 3. The molecule has 23 heavy (non-hydrogen) atoms. The molecule has 0 amide bonds. The largest absolute Gasteiger partial charge is 0.396 e. The van der Waals surface area contributed by atoms with Gasteiger partial charge in [0.15, 0.2) is 11.6 Å². The topological polar surface area (TPSA) is 68.0 Å². The zero-order chi connectivity index (χ0) is 16.2. The fourth-order valence-corrected chi connectivity index (χ4v) is 2.35. The summed E-state index contributed by atoms with van der Waals surface area (Å²) in [6, 6.07) is 18.4. The molecular weight excluding hydrogens is 286 g/mol. The first kappa shape index (κ1) is 14.8. The van der Waals surface area contributed by atoms with Crippen molar-refractivity contribution in [2.45, 2.75) is 6.92 Å². The van der Waals surface area contributed by atoms with Crippen LogP contribution in [0.15, 0.2) is 66.9 Å². The van der Waals surface area contributed by atoms with E-state index in [4.69, 9.17) is 5.73 Å². The lowest BCUT2D eigenvalue weighted by molar-refractivity contribution is 0.103. The number of hydrogen-bond acceptors (Lipinski definition) is 4. The minimum absolute atomic E-state index is 0.0358. The zero-order valence-electron chi connectivity index (χ0n) is 12.8. The predicted molar refractivity (Wildman–Crippen MR) is 93.0 cm³/mol. The van der Waals surface area contributed by atoms with E-state index >= 15 is 0 Å². The molecule has 4 nitrogen and oxygen atoms in total. The Morgan fingerprint density at radius 3 is 2.57 bits per heavy atom. The van der Waals surface area contributed by atoms with Crippen LogP contribution in [0, 0.1) is 6.92 Å². The van der Waals surface area contributed by atoms with Crippen molar-refractivity contribution in [1.82, 2.24) is 4.98 Å². The Balaban J connectivity index is 2.02. The summed E-state index contributed by atoms with van der Waals surface area (Å²) in [4.78, 5) is 17.0. The summed E-state index contributed by atoms with van der Waals surface area (Å²) in [7, 11) is 0. The number of rotatable bonds is 4. The van der Waals surface area contributed by atoms with Gasteiger partial charge in [0, 0.05) is 17.3 Å². The number of carbonyl (C=O) groups is 1. The lowest BCUT2D eigenvalue weighted by Crippen LogP contribution is -2.07. The molecule has 4 heteroatoms. The number of aryl methyl sites for hydroxylation is 1. The van der Waals surface area contributed by atoms with Gasteiger partial charge in [0.05, 0.1) is 11.4 Å². The first-order valence-electron chi connectivity index (χ1n) is 7.33. The Bertz CT molecular complexity index is 844. The average Bonchev–Trinajstić information content (AvgIpc) is 2.58. The monoisotopic (exact) mass is 303 g/mol. The van der Waals surface area contributed by atoms with Crippen molar-refractivity contribution in [1.29, 1.82) is 0 Å². The number of benzene rings is 2. The number of nitrogens with two attached hydrogens (primary N) is 1. The van der Waals surface area contributed by atoms with E-state index in [1.165, 1.54) is 0 Å². The number of aromatic nitrogens is 1. The molecule has 3 aromatic rings. The summed E-state index contributed by atoms with van der Waals surface area (Å²) in [5, 5.41) is 3.16. The van der Waals surface area contributed by atoms with Gasteiger partial charge >= 0.3 is 0 Å². The number of nitrogens with one attached hydrogen (secondary N) is 1. The van der Waals surface area contributed by atoms with E-state index in [1.807, 2.05) is 55.5 Å². The second-order valence-electron chi connectivity index (χ2n) is 5.31. The summed E-state index contributed by atoms with van der Waals surface area (Å²) in [5.74, 6) is 0.504. The van der Waals surface area contributed by atoms with Crippen molar-refractivity contribution in [2.24, 2.45) is 0 Å². The van der Waals surface area contributed by atoms with Gasteiger partial charge in [-0.05, 0) is 31.2 Å². The molecule has 0 fully saturated rings. The van der Waals surface area contributed by atoms with Gasteiger partial charge in [0.1, 0.15) is 0 Å². The van der Waals surface area contributed by atoms with Gasteiger partial charge in [0.25, 0.3) is 0 Å². The molecule has 0 bridgehead atoms. The van der Waals surface area contributed by atoms with Gasteiger partial charge in [-0.25, -0.2) is 4.98 Å². The molecule has 0 saturated heterocycles. The summed E-state index contributed by atoms with van der Waals surface area (Å²) in [5.41, 5.74) is 9.41. The molecule has 0 aliphatic rings. The van der Waals surface area contributed by atoms with Gasteiger partial charge in [-0.3, -0.25) is 4.79 Å². The normalized spacial score (nSPS) is 10.3. The van der Waals surface area contributed by atoms with Crippen molar-refractivity contribution in [3.63, 3.8) is 0 Å². The Hall–Kier alpha value is -3.14. The van der Waals surface area contributed by atoms with Crippen LogP contribution in [0.1, 0.15) is 21.5 Å². The quantitative estimate of drug-likeness (QED) is 0.716. The predicted octanol–water partition coefficient (Wildman–Crippen LogP) is 3.95. The van der Waals surface area contributed by atoms with Crippen LogP contribution in [0.25, 0.3) is 0 Å². The van der Waals surface area contributed by atoms with Crippen LogP contribution in [0.2, 0.25) is 0 Å². The van der Waals surface area contributed by atoms with Crippen molar-refractivity contribution < 1.29 is 4.79 Å². The average molecular weight is 303 g/mol. The van der Waals surface area contributed by atoms with E-state index in [2.05, 4.69) is 10.3 Å². The molecule has 0 radical (unpaired) electrons. The van der Waals surface area contributed by atoms with Crippen molar-refractivity contribution in [2.75, 3.05) is 11.1 Å². The van der Waals surface area contributed by atoms with Crippen LogP contribution in [-0.4, -0.2) is 10.8 Å². The van der Waals surface area contributed by atoms with Crippen molar-refractivity contribution in [3.8, 4) is 0 Å². The third kappa shape index (κ3) is 3.21. The lowest BCUT2D eigenvalue weighted by Gasteiger charge is -2.13. The Morgan fingerprint density at radius 2 is 1.83 bits per heavy atom. The highest BCUT2D eigenvalue weighted by Crippen LogP contribution is 2.26. The second-order valence-corrected chi connectivity index (χ2v) is 5.31. The van der Waals surface area contributed by atoms with Crippen LogP contribution in [0.4, 0.5) is 17.2 Å². The number of nitrogens with zero attached hydrogens (tertiary/aromatic N) is 1. The van der Waals surface area contributed by atoms with E-state index in [9.17, 15) is 4.79 Å². The minimum Gasteiger partial charge on any atom is -0.396 e. The molecule has 114 valence electrons. The molecule has 3 rings (SSSR count). The fourth-order valence-electron chi connectivity index (χ4n) is 2.35. The molecule has 0 spiro atoms. The second kappa shape index (κ2) is 6.32. The maximum atomic E-state index is 12.8.